The molecule has 1 N–H and O–H groups in total. The maximum absolute atomic E-state index is 10.5. The molecule has 0 fully saturated rings. The largest absolute Gasteiger partial charge is 0.481 e. The molecular formula is C13H18ClNO2. The Labute approximate surface area is 107 Å². The fraction of sp³-hybridized carbons (Fsp3) is 0.462. The van der Waals surface area contributed by atoms with Gasteiger partial charge in [0, 0.05) is 17.5 Å². The number of carbonyl (C=O) groups is 1. The zero-order chi connectivity index (χ0) is 12.8. The summed E-state index contributed by atoms with van der Waals surface area (Å²) in [6.45, 7) is 0. The highest BCUT2D eigenvalue weighted by Gasteiger charge is 2.14. The van der Waals surface area contributed by atoms with Gasteiger partial charge in [0.15, 0.2) is 0 Å². The van der Waals surface area contributed by atoms with Crippen molar-refractivity contribution in [3.05, 3.63) is 34.9 Å². The third-order valence-corrected chi connectivity index (χ3v) is 3.00. The first kappa shape index (κ1) is 14.0. The Kier molecular flexibility index (Phi) is 5.45. The Bertz CT molecular complexity index is 362. The van der Waals surface area contributed by atoms with Crippen LogP contribution in [0.25, 0.3) is 0 Å². The topological polar surface area (TPSA) is 40.5 Å². The first-order valence-corrected chi connectivity index (χ1v) is 6.02. The van der Waals surface area contributed by atoms with E-state index in [1.807, 2.05) is 38.4 Å². The molecule has 0 aliphatic rings. The number of hydrogen-bond donors (Lipinski definition) is 1. The summed E-state index contributed by atoms with van der Waals surface area (Å²) in [4.78, 5) is 12.6. The van der Waals surface area contributed by atoms with E-state index in [1.165, 1.54) is 5.56 Å². The predicted octanol–water partition coefficient (Wildman–Crippen LogP) is 3.20. The summed E-state index contributed by atoms with van der Waals surface area (Å²) in [7, 11) is 4.00. The molecular weight excluding hydrogens is 238 g/mol. The minimum absolute atomic E-state index is 0.220. The lowest BCUT2D eigenvalue weighted by Crippen LogP contribution is -2.20. The monoisotopic (exact) mass is 255 g/mol. The number of benzene rings is 1. The van der Waals surface area contributed by atoms with Crippen LogP contribution in [0.1, 0.15) is 30.9 Å². The van der Waals surface area contributed by atoms with Crippen LogP contribution in [-0.4, -0.2) is 30.1 Å². The summed E-state index contributed by atoms with van der Waals surface area (Å²) in [5.74, 6) is -0.737. The number of rotatable bonds is 6. The van der Waals surface area contributed by atoms with Gasteiger partial charge in [0.2, 0.25) is 0 Å². The summed E-state index contributed by atoms with van der Waals surface area (Å²) < 4.78 is 0. The molecule has 1 unspecified atom stereocenters. The van der Waals surface area contributed by atoms with E-state index >= 15 is 0 Å². The molecule has 94 valence electrons. The molecule has 3 nitrogen and oxygen atoms in total. The van der Waals surface area contributed by atoms with E-state index in [-0.39, 0.29) is 12.5 Å². The molecule has 17 heavy (non-hydrogen) atoms. The van der Waals surface area contributed by atoms with Crippen molar-refractivity contribution >= 4 is 17.6 Å². The molecule has 1 rings (SSSR count). The van der Waals surface area contributed by atoms with E-state index in [0.29, 0.717) is 6.42 Å². The average molecular weight is 256 g/mol. The molecule has 0 bridgehead atoms. The molecule has 0 heterocycles. The third kappa shape index (κ3) is 4.75. The number of carboxylic acid groups (broad SMARTS) is 1. The second-order valence-corrected chi connectivity index (χ2v) is 4.75. The van der Waals surface area contributed by atoms with Crippen LogP contribution < -0.4 is 0 Å². The fourth-order valence-electron chi connectivity index (χ4n) is 1.85. The number of aliphatic carboxylic acids is 1. The predicted molar refractivity (Wildman–Crippen MR) is 69.4 cm³/mol. The van der Waals surface area contributed by atoms with Crippen LogP contribution >= 0.6 is 11.6 Å². The highest BCUT2D eigenvalue weighted by molar-refractivity contribution is 6.30. The second kappa shape index (κ2) is 6.62. The highest BCUT2D eigenvalue weighted by Crippen LogP contribution is 2.25. The summed E-state index contributed by atoms with van der Waals surface area (Å²) in [6, 6.07) is 7.96. The van der Waals surface area contributed by atoms with Crippen LogP contribution in [0.2, 0.25) is 5.02 Å². The van der Waals surface area contributed by atoms with Gasteiger partial charge in [-0.05, 0) is 44.6 Å². The van der Waals surface area contributed by atoms with Crippen LogP contribution in [-0.2, 0) is 4.79 Å². The van der Waals surface area contributed by atoms with Gasteiger partial charge in [0.25, 0.3) is 0 Å². The molecule has 0 aliphatic carbocycles. The molecule has 4 heteroatoms. The Hall–Kier alpha value is -1.06. The van der Waals surface area contributed by atoms with Crippen LogP contribution in [0, 0.1) is 0 Å². The van der Waals surface area contributed by atoms with Crippen molar-refractivity contribution < 1.29 is 9.90 Å². The van der Waals surface area contributed by atoms with Crippen LogP contribution in [0.4, 0.5) is 0 Å². The van der Waals surface area contributed by atoms with E-state index in [1.54, 1.807) is 0 Å². The molecule has 0 aliphatic heterocycles. The van der Waals surface area contributed by atoms with E-state index in [4.69, 9.17) is 16.7 Å². The molecule has 1 aromatic carbocycles. The molecule has 0 saturated carbocycles. The second-order valence-electron chi connectivity index (χ2n) is 4.32. The Morgan fingerprint density at radius 1 is 1.35 bits per heavy atom. The van der Waals surface area contributed by atoms with Crippen molar-refractivity contribution in [1.82, 2.24) is 4.90 Å². The van der Waals surface area contributed by atoms with Gasteiger partial charge in [0.1, 0.15) is 0 Å². The van der Waals surface area contributed by atoms with Crippen molar-refractivity contribution in [2.75, 3.05) is 14.1 Å². The van der Waals surface area contributed by atoms with Crippen molar-refractivity contribution in [3.8, 4) is 0 Å². The van der Waals surface area contributed by atoms with E-state index in [9.17, 15) is 4.79 Å². The van der Waals surface area contributed by atoms with E-state index in [2.05, 4.69) is 4.90 Å². The first-order chi connectivity index (χ1) is 8.00. The van der Waals surface area contributed by atoms with Crippen molar-refractivity contribution in [2.24, 2.45) is 0 Å². The number of nitrogens with zero attached hydrogens (tertiary/aromatic N) is 1. The average Bonchev–Trinajstić information content (AvgIpc) is 2.25. The number of halogens is 1. The van der Waals surface area contributed by atoms with Gasteiger partial charge >= 0.3 is 5.97 Å². The smallest absolute Gasteiger partial charge is 0.303 e. The lowest BCUT2D eigenvalue weighted by Gasteiger charge is -2.24. The fourth-order valence-corrected chi connectivity index (χ4v) is 1.98. The molecule has 0 saturated heterocycles. The van der Waals surface area contributed by atoms with Gasteiger partial charge < -0.3 is 10.0 Å². The molecule has 0 aromatic heterocycles. The van der Waals surface area contributed by atoms with Gasteiger partial charge in [-0.25, -0.2) is 0 Å². The van der Waals surface area contributed by atoms with Gasteiger partial charge in [-0.15, -0.1) is 0 Å². The van der Waals surface area contributed by atoms with Crippen molar-refractivity contribution in [1.29, 1.82) is 0 Å². The van der Waals surface area contributed by atoms with Crippen LogP contribution in [0.5, 0.6) is 0 Å². The minimum atomic E-state index is -0.737. The lowest BCUT2D eigenvalue weighted by atomic mass is 10.00. The zero-order valence-electron chi connectivity index (χ0n) is 10.2. The normalized spacial score (nSPS) is 12.7. The first-order valence-electron chi connectivity index (χ1n) is 5.64. The maximum atomic E-state index is 10.5. The van der Waals surface area contributed by atoms with Gasteiger partial charge in [0.05, 0.1) is 0 Å². The Morgan fingerprint density at radius 3 is 2.41 bits per heavy atom. The van der Waals surface area contributed by atoms with Gasteiger partial charge in [-0.2, -0.15) is 0 Å². The number of carboxylic acids is 1. The van der Waals surface area contributed by atoms with Crippen LogP contribution in [0.15, 0.2) is 24.3 Å². The Morgan fingerprint density at radius 2 is 1.94 bits per heavy atom. The standard InChI is InChI=1S/C13H18ClNO2/c1-15(2)12(4-3-5-13(16)17)10-6-8-11(14)9-7-10/h6-9,12H,3-5H2,1-2H3,(H,16,17). The van der Waals surface area contributed by atoms with Crippen molar-refractivity contribution in [2.45, 2.75) is 25.3 Å². The zero-order valence-corrected chi connectivity index (χ0v) is 10.9. The summed E-state index contributed by atoms with van der Waals surface area (Å²) in [5.41, 5.74) is 1.17. The van der Waals surface area contributed by atoms with Crippen LogP contribution in [0.3, 0.4) is 0 Å². The molecule has 0 spiro atoms. The molecule has 0 amide bonds. The minimum Gasteiger partial charge on any atom is -0.481 e. The van der Waals surface area contributed by atoms with Gasteiger partial charge in [-0.1, -0.05) is 23.7 Å². The number of hydrogen-bond acceptors (Lipinski definition) is 2. The van der Waals surface area contributed by atoms with Crippen molar-refractivity contribution in [3.63, 3.8) is 0 Å². The molecule has 1 aromatic rings. The molecule has 1 atom stereocenters. The lowest BCUT2D eigenvalue weighted by molar-refractivity contribution is -0.137. The Balaban J connectivity index is 2.65. The quantitative estimate of drug-likeness (QED) is 0.849. The van der Waals surface area contributed by atoms with E-state index in [0.717, 1.165) is 11.4 Å². The third-order valence-electron chi connectivity index (χ3n) is 2.75. The summed E-state index contributed by atoms with van der Waals surface area (Å²) >= 11 is 5.85. The SMILES string of the molecule is CN(C)C(CCCC(=O)O)c1ccc(Cl)cc1. The van der Waals surface area contributed by atoms with E-state index < -0.39 is 5.97 Å². The molecule has 0 radical (unpaired) electrons. The van der Waals surface area contributed by atoms with Gasteiger partial charge in [-0.3, -0.25) is 4.79 Å². The highest BCUT2D eigenvalue weighted by atomic mass is 35.5. The summed E-state index contributed by atoms with van der Waals surface area (Å²) in [5, 5.41) is 9.36. The maximum Gasteiger partial charge on any atom is 0.303 e. The summed E-state index contributed by atoms with van der Waals surface area (Å²) in [6.07, 6.45) is 1.74.